The average Bonchev–Trinajstić information content (AvgIpc) is 2.51. The molecule has 4 heteroatoms. The molecule has 1 aromatic heterocycles. The van der Waals surface area contributed by atoms with E-state index >= 15 is 0 Å². The zero-order valence-corrected chi connectivity index (χ0v) is 7.84. The third-order valence-corrected chi connectivity index (χ3v) is 2.00. The molecule has 3 nitrogen and oxygen atoms in total. The molecular formula is C8H10N2OS. The lowest BCUT2D eigenvalue weighted by atomic mass is 10.4. The molecule has 0 atom stereocenters. The Labute approximate surface area is 75.3 Å². The summed E-state index contributed by atoms with van der Waals surface area (Å²) in [6.07, 6.45) is 4.94. The second kappa shape index (κ2) is 4.01. The Morgan fingerprint density at radius 3 is 2.92 bits per heavy atom. The summed E-state index contributed by atoms with van der Waals surface area (Å²) in [7, 11) is 3.43. The van der Waals surface area contributed by atoms with Crippen LogP contribution in [-0.2, 0) is 4.79 Å². The molecule has 0 spiro atoms. The summed E-state index contributed by atoms with van der Waals surface area (Å²) in [5.41, 5.74) is 0. The fourth-order valence-electron chi connectivity index (χ4n) is 0.608. The van der Waals surface area contributed by atoms with Crippen LogP contribution in [0.15, 0.2) is 17.7 Å². The van der Waals surface area contributed by atoms with Crippen LogP contribution in [0.2, 0.25) is 0 Å². The summed E-state index contributed by atoms with van der Waals surface area (Å²) < 4.78 is 0. The molecule has 0 aliphatic heterocycles. The van der Waals surface area contributed by atoms with Crippen molar-refractivity contribution in [1.82, 2.24) is 9.88 Å². The van der Waals surface area contributed by atoms with E-state index in [-0.39, 0.29) is 5.91 Å². The maximum absolute atomic E-state index is 11.1. The first-order valence-corrected chi connectivity index (χ1v) is 4.37. The zero-order valence-electron chi connectivity index (χ0n) is 7.02. The summed E-state index contributed by atoms with van der Waals surface area (Å²) in [5, 5.41) is 2.73. The van der Waals surface area contributed by atoms with Crippen molar-refractivity contribution in [3.63, 3.8) is 0 Å². The molecule has 0 unspecified atom stereocenters. The van der Waals surface area contributed by atoms with Crippen molar-refractivity contribution in [2.75, 3.05) is 14.1 Å². The topological polar surface area (TPSA) is 33.2 Å². The number of nitrogens with zero attached hydrogens (tertiary/aromatic N) is 2. The van der Waals surface area contributed by atoms with Crippen LogP contribution in [0, 0.1) is 0 Å². The van der Waals surface area contributed by atoms with Gasteiger partial charge in [-0.1, -0.05) is 0 Å². The van der Waals surface area contributed by atoms with Crippen molar-refractivity contribution in [2.45, 2.75) is 0 Å². The number of carbonyl (C=O) groups is 1. The van der Waals surface area contributed by atoms with Crippen molar-refractivity contribution in [1.29, 1.82) is 0 Å². The van der Waals surface area contributed by atoms with Gasteiger partial charge in [-0.3, -0.25) is 4.79 Å². The first-order chi connectivity index (χ1) is 5.70. The van der Waals surface area contributed by atoms with E-state index < -0.39 is 0 Å². The standard InChI is InChI=1S/C8H10N2OS/c1-10(2)8(11)4-3-7-9-5-6-12-7/h3-6H,1-2H3/b4-3+. The Balaban J connectivity index is 2.57. The Morgan fingerprint density at radius 2 is 2.42 bits per heavy atom. The number of carbonyl (C=O) groups excluding carboxylic acids is 1. The van der Waals surface area contributed by atoms with Crippen LogP contribution in [-0.4, -0.2) is 29.9 Å². The maximum Gasteiger partial charge on any atom is 0.246 e. The molecule has 0 fully saturated rings. The minimum Gasteiger partial charge on any atom is -0.345 e. The number of thiazole rings is 1. The molecule has 64 valence electrons. The van der Waals surface area contributed by atoms with Crippen molar-refractivity contribution < 1.29 is 4.79 Å². The first-order valence-electron chi connectivity index (χ1n) is 3.49. The molecule has 1 amide bonds. The van der Waals surface area contributed by atoms with Gasteiger partial charge in [0.1, 0.15) is 5.01 Å². The van der Waals surface area contributed by atoms with Gasteiger partial charge in [0.2, 0.25) is 5.91 Å². The minimum atomic E-state index is -0.0230. The predicted octanol–water partition coefficient (Wildman–Crippen LogP) is 1.24. The van der Waals surface area contributed by atoms with Crippen LogP contribution in [0.25, 0.3) is 6.08 Å². The smallest absolute Gasteiger partial charge is 0.246 e. The zero-order chi connectivity index (χ0) is 8.97. The Morgan fingerprint density at radius 1 is 1.67 bits per heavy atom. The quantitative estimate of drug-likeness (QED) is 0.645. The number of rotatable bonds is 2. The average molecular weight is 182 g/mol. The summed E-state index contributed by atoms with van der Waals surface area (Å²) in [5.74, 6) is -0.0230. The molecule has 0 aromatic carbocycles. The molecule has 0 bridgehead atoms. The lowest BCUT2D eigenvalue weighted by Gasteiger charge is -2.04. The highest BCUT2D eigenvalue weighted by Gasteiger charge is 1.96. The van der Waals surface area contributed by atoms with Gasteiger partial charge in [0, 0.05) is 31.7 Å². The fraction of sp³-hybridized carbons (Fsp3) is 0.250. The summed E-state index contributed by atoms with van der Waals surface area (Å²) in [4.78, 5) is 16.6. The largest absolute Gasteiger partial charge is 0.345 e. The van der Waals surface area contributed by atoms with Crippen molar-refractivity contribution in [3.8, 4) is 0 Å². The molecule has 0 N–H and O–H groups in total. The predicted molar refractivity (Wildman–Crippen MR) is 49.8 cm³/mol. The van der Waals surface area contributed by atoms with Gasteiger partial charge in [0.25, 0.3) is 0 Å². The van der Waals surface area contributed by atoms with Gasteiger partial charge in [-0.2, -0.15) is 0 Å². The van der Waals surface area contributed by atoms with Gasteiger partial charge in [0.05, 0.1) is 0 Å². The van der Waals surface area contributed by atoms with E-state index in [9.17, 15) is 4.79 Å². The molecule has 0 radical (unpaired) electrons. The molecule has 0 aliphatic carbocycles. The van der Waals surface area contributed by atoms with E-state index in [1.807, 2.05) is 5.38 Å². The highest BCUT2D eigenvalue weighted by molar-refractivity contribution is 7.10. The van der Waals surface area contributed by atoms with Gasteiger partial charge < -0.3 is 4.90 Å². The molecule has 1 heterocycles. The molecule has 0 saturated heterocycles. The summed E-state index contributed by atoms with van der Waals surface area (Å²) >= 11 is 1.51. The SMILES string of the molecule is CN(C)C(=O)/C=C/c1nccs1. The van der Waals surface area contributed by atoms with E-state index in [1.54, 1.807) is 26.4 Å². The maximum atomic E-state index is 11.1. The summed E-state index contributed by atoms with van der Waals surface area (Å²) in [6, 6.07) is 0. The third-order valence-electron chi connectivity index (χ3n) is 1.26. The number of amides is 1. The normalized spacial score (nSPS) is 10.5. The van der Waals surface area contributed by atoms with Gasteiger partial charge in [-0.25, -0.2) is 4.98 Å². The lowest BCUT2D eigenvalue weighted by Crippen LogP contribution is -2.18. The van der Waals surface area contributed by atoms with Crippen LogP contribution in [0.1, 0.15) is 5.01 Å². The van der Waals surface area contributed by atoms with Gasteiger partial charge >= 0.3 is 0 Å². The van der Waals surface area contributed by atoms with Crippen molar-refractivity contribution in [2.24, 2.45) is 0 Å². The van der Waals surface area contributed by atoms with Crippen LogP contribution in [0.5, 0.6) is 0 Å². The van der Waals surface area contributed by atoms with Crippen LogP contribution in [0.3, 0.4) is 0 Å². The van der Waals surface area contributed by atoms with Crippen LogP contribution < -0.4 is 0 Å². The van der Waals surface area contributed by atoms with E-state index in [0.717, 1.165) is 5.01 Å². The number of hydrogen-bond acceptors (Lipinski definition) is 3. The molecule has 1 rings (SSSR count). The second-order valence-electron chi connectivity index (χ2n) is 2.44. The van der Waals surface area contributed by atoms with E-state index in [0.29, 0.717) is 0 Å². The lowest BCUT2D eigenvalue weighted by molar-refractivity contribution is -0.123. The molecule has 0 aliphatic rings. The van der Waals surface area contributed by atoms with Crippen molar-refractivity contribution >= 4 is 23.3 Å². The molecule has 12 heavy (non-hydrogen) atoms. The Hall–Kier alpha value is -1.16. The highest BCUT2D eigenvalue weighted by atomic mass is 32.1. The molecular weight excluding hydrogens is 172 g/mol. The molecule has 1 aromatic rings. The Bertz CT molecular complexity index is 277. The van der Waals surface area contributed by atoms with E-state index in [4.69, 9.17) is 0 Å². The van der Waals surface area contributed by atoms with E-state index in [2.05, 4.69) is 4.98 Å². The van der Waals surface area contributed by atoms with Gasteiger partial charge in [-0.15, -0.1) is 11.3 Å². The van der Waals surface area contributed by atoms with Crippen molar-refractivity contribution in [3.05, 3.63) is 22.7 Å². The monoisotopic (exact) mass is 182 g/mol. The molecule has 0 saturated carbocycles. The second-order valence-corrected chi connectivity index (χ2v) is 3.36. The van der Waals surface area contributed by atoms with Gasteiger partial charge in [-0.05, 0) is 6.08 Å². The minimum absolute atomic E-state index is 0.0230. The van der Waals surface area contributed by atoms with Crippen LogP contribution in [0.4, 0.5) is 0 Å². The van der Waals surface area contributed by atoms with Crippen LogP contribution >= 0.6 is 11.3 Å². The summed E-state index contributed by atoms with van der Waals surface area (Å²) in [6.45, 7) is 0. The highest BCUT2D eigenvalue weighted by Crippen LogP contribution is 2.05. The number of likely N-dealkylation sites (N-methyl/N-ethyl adjacent to an activating group) is 1. The third kappa shape index (κ3) is 2.47. The Kier molecular flexibility index (Phi) is 2.99. The number of aromatic nitrogens is 1. The fourth-order valence-corrected chi connectivity index (χ4v) is 1.14. The first kappa shape index (κ1) is 8.93. The number of hydrogen-bond donors (Lipinski definition) is 0. The van der Waals surface area contributed by atoms with E-state index in [1.165, 1.54) is 22.3 Å². The van der Waals surface area contributed by atoms with Gasteiger partial charge in [0.15, 0.2) is 0 Å².